The Balaban J connectivity index is 2.68. The molecule has 1 amide bonds. The molecule has 1 fully saturated rings. The number of carbonyl (C=O) groups is 2. The number of esters is 1. The first-order chi connectivity index (χ1) is 8.18. The van der Waals surface area contributed by atoms with Gasteiger partial charge in [-0.1, -0.05) is 0 Å². The van der Waals surface area contributed by atoms with Crippen LogP contribution in [0.1, 0.15) is 40.0 Å². The number of methoxy groups -OCH3 is 1. The molecule has 1 aliphatic rings. The molecule has 0 aromatic rings. The van der Waals surface area contributed by atoms with E-state index >= 15 is 0 Å². The lowest BCUT2D eigenvalue weighted by Crippen LogP contribution is -2.61. The Kier molecular flexibility index (Phi) is 4.21. The lowest BCUT2D eigenvalue weighted by atomic mass is 9.74. The van der Waals surface area contributed by atoms with Crippen LogP contribution in [0.4, 0.5) is 4.79 Å². The molecule has 1 aliphatic carbocycles. The van der Waals surface area contributed by atoms with Crippen molar-refractivity contribution in [1.29, 1.82) is 0 Å². The van der Waals surface area contributed by atoms with Crippen molar-refractivity contribution >= 4 is 12.1 Å². The van der Waals surface area contributed by atoms with Crippen LogP contribution < -0.4 is 5.32 Å². The molecule has 0 aromatic carbocycles. The Labute approximate surface area is 107 Å². The molecule has 0 aliphatic heterocycles. The van der Waals surface area contributed by atoms with Crippen LogP contribution in [0.3, 0.4) is 0 Å². The highest BCUT2D eigenvalue weighted by Gasteiger charge is 2.48. The normalized spacial score (nSPS) is 19.4. The predicted molar refractivity (Wildman–Crippen MR) is 64.0 cm³/mol. The number of carbonyl (C=O) groups excluding carboxylic acids is 2. The standard InChI is InChI=1S/C12H21NO5/c1-11(2,3)18-10(15)13-8(9(14)17-4)12(16)6-5-7-12/h8,16H,5-7H2,1-4H3,(H,13,15). The first-order valence-electron chi connectivity index (χ1n) is 5.98. The molecule has 1 rings (SSSR count). The fourth-order valence-electron chi connectivity index (χ4n) is 1.78. The average Bonchev–Trinajstić information content (AvgIpc) is 2.19. The van der Waals surface area contributed by atoms with Gasteiger partial charge in [0.15, 0.2) is 6.04 Å². The van der Waals surface area contributed by atoms with Crippen LogP contribution in [-0.2, 0) is 14.3 Å². The van der Waals surface area contributed by atoms with Gasteiger partial charge in [-0.25, -0.2) is 9.59 Å². The fraction of sp³-hybridized carbons (Fsp3) is 0.833. The summed E-state index contributed by atoms with van der Waals surface area (Å²) in [6, 6.07) is -1.08. The summed E-state index contributed by atoms with van der Waals surface area (Å²) in [5.74, 6) is -0.664. The van der Waals surface area contributed by atoms with Crippen molar-refractivity contribution in [3.05, 3.63) is 0 Å². The second-order valence-corrected chi connectivity index (χ2v) is 5.56. The fourth-order valence-corrected chi connectivity index (χ4v) is 1.78. The lowest BCUT2D eigenvalue weighted by Gasteiger charge is -2.41. The van der Waals surface area contributed by atoms with E-state index in [1.807, 2.05) is 0 Å². The van der Waals surface area contributed by atoms with E-state index in [4.69, 9.17) is 4.74 Å². The van der Waals surface area contributed by atoms with Gasteiger partial charge in [0.1, 0.15) is 5.60 Å². The summed E-state index contributed by atoms with van der Waals surface area (Å²) in [7, 11) is 1.22. The van der Waals surface area contributed by atoms with E-state index in [-0.39, 0.29) is 0 Å². The lowest BCUT2D eigenvalue weighted by molar-refractivity contribution is -0.156. The molecular formula is C12H21NO5. The Morgan fingerprint density at radius 1 is 1.33 bits per heavy atom. The second-order valence-electron chi connectivity index (χ2n) is 5.56. The SMILES string of the molecule is COC(=O)C(NC(=O)OC(C)(C)C)C1(O)CCC1. The third kappa shape index (κ3) is 3.60. The van der Waals surface area contributed by atoms with Crippen molar-refractivity contribution in [2.75, 3.05) is 7.11 Å². The Bertz CT molecular complexity index is 330. The Morgan fingerprint density at radius 3 is 2.22 bits per heavy atom. The van der Waals surface area contributed by atoms with Crippen molar-refractivity contribution in [3.63, 3.8) is 0 Å². The molecule has 1 unspecified atom stereocenters. The van der Waals surface area contributed by atoms with Crippen LogP contribution in [-0.4, -0.2) is 41.5 Å². The van der Waals surface area contributed by atoms with Gasteiger partial charge in [0, 0.05) is 0 Å². The summed E-state index contributed by atoms with van der Waals surface area (Å²) in [6.45, 7) is 5.16. The molecule has 2 N–H and O–H groups in total. The predicted octanol–water partition coefficient (Wildman–Crippen LogP) is 0.968. The minimum Gasteiger partial charge on any atom is -0.467 e. The molecule has 18 heavy (non-hydrogen) atoms. The van der Waals surface area contributed by atoms with Gasteiger partial charge in [0.25, 0.3) is 0 Å². The number of alkyl carbamates (subject to hydrolysis) is 1. The van der Waals surface area contributed by atoms with Crippen LogP contribution in [0, 0.1) is 0 Å². The van der Waals surface area contributed by atoms with Gasteiger partial charge < -0.3 is 19.9 Å². The minimum absolute atomic E-state index is 0.461. The molecule has 6 heteroatoms. The summed E-state index contributed by atoms with van der Waals surface area (Å²) in [5.41, 5.74) is -1.88. The zero-order valence-corrected chi connectivity index (χ0v) is 11.3. The smallest absolute Gasteiger partial charge is 0.408 e. The Morgan fingerprint density at radius 2 is 1.89 bits per heavy atom. The number of hydrogen-bond donors (Lipinski definition) is 2. The zero-order chi connectivity index (χ0) is 14.0. The molecule has 6 nitrogen and oxygen atoms in total. The van der Waals surface area contributed by atoms with Crippen molar-refractivity contribution in [2.24, 2.45) is 0 Å². The van der Waals surface area contributed by atoms with Crippen molar-refractivity contribution < 1.29 is 24.2 Å². The average molecular weight is 259 g/mol. The van der Waals surface area contributed by atoms with Gasteiger partial charge in [-0.2, -0.15) is 0 Å². The van der Waals surface area contributed by atoms with Crippen LogP contribution in [0.2, 0.25) is 0 Å². The van der Waals surface area contributed by atoms with E-state index in [2.05, 4.69) is 10.1 Å². The Hall–Kier alpha value is -1.30. The topological polar surface area (TPSA) is 84.9 Å². The van der Waals surface area contributed by atoms with Crippen LogP contribution in [0.25, 0.3) is 0 Å². The molecule has 0 aromatic heterocycles. The zero-order valence-electron chi connectivity index (χ0n) is 11.3. The molecule has 0 spiro atoms. The monoisotopic (exact) mass is 259 g/mol. The van der Waals surface area contributed by atoms with Crippen LogP contribution >= 0.6 is 0 Å². The van der Waals surface area contributed by atoms with E-state index in [1.165, 1.54) is 7.11 Å². The van der Waals surface area contributed by atoms with Gasteiger partial charge in [-0.3, -0.25) is 0 Å². The summed E-state index contributed by atoms with van der Waals surface area (Å²) in [5, 5.41) is 12.5. The summed E-state index contributed by atoms with van der Waals surface area (Å²) >= 11 is 0. The van der Waals surface area contributed by atoms with Gasteiger partial charge in [0.2, 0.25) is 0 Å². The first-order valence-corrected chi connectivity index (χ1v) is 5.98. The van der Waals surface area contributed by atoms with Crippen molar-refractivity contribution in [2.45, 2.75) is 57.3 Å². The highest BCUT2D eigenvalue weighted by Crippen LogP contribution is 2.35. The molecule has 0 bridgehead atoms. The van der Waals surface area contributed by atoms with E-state index in [9.17, 15) is 14.7 Å². The maximum absolute atomic E-state index is 11.6. The highest BCUT2D eigenvalue weighted by atomic mass is 16.6. The first kappa shape index (κ1) is 14.8. The molecule has 104 valence electrons. The molecule has 0 saturated heterocycles. The van der Waals surface area contributed by atoms with E-state index in [0.29, 0.717) is 12.8 Å². The van der Waals surface area contributed by atoms with Crippen LogP contribution in [0.5, 0.6) is 0 Å². The highest BCUT2D eigenvalue weighted by molar-refractivity contribution is 5.82. The number of ether oxygens (including phenoxy) is 2. The number of rotatable bonds is 3. The minimum atomic E-state index is -1.22. The number of amides is 1. The summed E-state index contributed by atoms with van der Waals surface area (Å²) < 4.78 is 9.65. The van der Waals surface area contributed by atoms with E-state index in [1.54, 1.807) is 20.8 Å². The van der Waals surface area contributed by atoms with Gasteiger partial charge in [-0.05, 0) is 40.0 Å². The molecular weight excluding hydrogens is 238 g/mol. The molecule has 0 radical (unpaired) electrons. The number of aliphatic hydroxyl groups is 1. The third-order valence-corrected chi connectivity index (χ3v) is 2.85. The van der Waals surface area contributed by atoms with Gasteiger partial charge in [-0.15, -0.1) is 0 Å². The largest absolute Gasteiger partial charge is 0.467 e. The molecule has 0 heterocycles. The summed E-state index contributed by atoms with van der Waals surface area (Å²) in [6.07, 6.45) is 1.00. The van der Waals surface area contributed by atoms with Gasteiger partial charge >= 0.3 is 12.1 Å². The second kappa shape index (κ2) is 5.14. The maximum Gasteiger partial charge on any atom is 0.408 e. The molecule has 1 atom stereocenters. The number of hydrogen-bond acceptors (Lipinski definition) is 5. The van der Waals surface area contributed by atoms with Crippen LogP contribution in [0.15, 0.2) is 0 Å². The van der Waals surface area contributed by atoms with E-state index in [0.717, 1.165) is 6.42 Å². The van der Waals surface area contributed by atoms with Crippen molar-refractivity contribution in [3.8, 4) is 0 Å². The maximum atomic E-state index is 11.6. The number of nitrogens with one attached hydrogen (secondary N) is 1. The summed E-state index contributed by atoms with van der Waals surface area (Å²) in [4.78, 5) is 23.2. The third-order valence-electron chi connectivity index (χ3n) is 2.85. The molecule has 1 saturated carbocycles. The van der Waals surface area contributed by atoms with E-state index < -0.39 is 29.3 Å². The van der Waals surface area contributed by atoms with Crippen molar-refractivity contribution in [1.82, 2.24) is 5.32 Å². The van der Waals surface area contributed by atoms with Gasteiger partial charge in [0.05, 0.1) is 12.7 Å². The quantitative estimate of drug-likeness (QED) is 0.738.